The van der Waals surface area contributed by atoms with Crippen molar-refractivity contribution < 1.29 is 4.79 Å². The van der Waals surface area contributed by atoms with Crippen LogP contribution in [0, 0.1) is 6.92 Å². The molecule has 0 heterocycles. The van der Waals surface area contributed by atoms with Crippen molar-refractivity contribution in [2.75, 3.05) is 39.7 Å². The molecule has 1 aromatic carbocycles. The minimum atomic E-state index is 0.0467. The van der Waals surface area contributed by atoms with Gasteiger partial charge >= 0.3 is 0 Å². The first kappa shape index (κ1) is 15.5. The summed E-state index contributed by atoms with van der Waals surface area (Å²) in [5.41, 5.74) is 5.11. The molecule has 106 valence electrons. The van der Waals surface area contributed by atoms with Crippen molar-refractivity contribution >= 4 is 11.6 Å². The Morgan fingerprint density at radius 2 is 1.95 bits per heavy atom. The molecule has 0 saturated carbocycles. The molecular weight excluding hydrogens is 240 g/mol. The number of rotatable bonds is 6. The molecule has 0 aromatic heterocycles. The van der Waals surface area contributed by atoms with Crippen LogP contribution in [-0.4, -0.2) is 49.9 Å². The average molecular weight is 264 g/mol. The van der Waals surface area contributed by atoms with Crippen LogP contribution >= 0.6 is 0 Å². The quantitative estimate of drug-likeness (QED) is 0.600. The molecule has 0 atom stereocenters. The fourth-order valence-corrected chi connectivity index (χ4v) is 1.90. The number of carbonyl (C=O) groups excluding carboxylic acids is 1. The first-order chi connectivity index (χ1) is 8.95. The zero-order valence-electron chi connectivity index (χ0n) is 12.2. The highest BCUT2D eigenvalue weighted by molar-refractivity contribution is 5.94. The number of aryl methyl sites for hydroxylation is 1. The van der Waals surface area contributed by atoms with Gasteiger partial charge in [0.25, 0.3) is 5.91 Å². The molecule has 0 radical (unpaired) electrons. The SMILES string of the molecule is Cc1cc(C(=O)N(C)CCCN(C)C)ccc1NN. The number of benzene rings is 1. The first-order valence-electron chi connectivity index (χ1n) is 6.43. The summed E-state index contributed by atoms with van der Waals surface area (Å²) in [5, 5.41) is 0. The number of nitrogen functional groups attached to an aromatic ring is 1. The lowest BCUT2D eigenvalue weighted by Gasteiger charge is -2.19. The second kappa shape index (κ2) is 7.11. The smallest absolute Gasteiger partial charge is 0.253 e. The Morgan fingerprint density at radius 3 is 2.47 bits per heavy atom. The van der Waals surface area contributed by atoms with E-state index in [9.17, 15) is 4.79 Å². The number of hydrazine groups is 1. The minimum absolute atomic E-state index is 0.0467. The molecule has 5 nitrogen and oxygen atoms in total. The lowest BCUT2D eigenvalue weighted by molar-refractivity contribution is 0.0790. The lowest BCUT2D eigenvalue weighted by Crippen LogP contribution is -2.29. The Morgan fingerprint density at radius 1 is 1.26 bits per heavy atom. The molecule has 0 aliphatic rings. The number of hydrogen-bond acceptors (Lipinski definition) is 4. The van der Waals surface area contributed by atoms with E-state index in [4.69, 9.17) is 5.84 Å². The molecule has 0 unspecified atom stereocenters. The fraction of sp³-hybridized carbons (Fsp3) is 0.500. The van der Waals surface area contributed by atoms with Crippen LogP contribution in [-0.2, 0) is 0 Å². The van der Waals surface area contributed by atoms with E-state index in [0.29, 0.717) is 5.56 Å². The molecular formula is C14H24N4O. The summed E-state index contributed by atoms with van der Waals surface area (Å²) in [4.78, 5) is 16.1. The van der Waals surface area contributed by atoms with Gasteiger partial charge in [-0.3, -0.25) is 10.6 Å². The third-order valence-electron chi connectivity index (χ3n) is 3.07. The van der Waals surface area contributed by atoms with Crippen LogP contribution in [0.2, 0.25) is 0 Å². The molecule has 1 aromatic rings. The maximum absolute atomic E-state index is 12.2. The molecule has 1 rings (SSSR count). The summed E-state index contributed by atoms with van der Waals surface area (Å²) in [6.07, 6.45) is 0.969. The number of nitrogens with two attached hydrogens (primary N) is 1. The molecule has 0 aliphatic heterocycles. The van der Waals surface area contributed by atoms with Crippen LogP contribution in [0.15, 0.2) is 18.2 Å². The van der Waals surface area contributed by atoms with Crippen molar-refractivity contribution in [3.05, 3.63) is 29.3 Å². The number of carbonyl (C=O) groups is 1. The van der Waals surface area contributed by atoms with Gasteiger partial charge in [0, 0.05) is 19.2 Å². The highest BCUT2D eigenvalue weighted by Gasteiger charge is 2.12. The van der Waals surface area contributed by atoms with Gasteiger partial charge in [0.05, 0.1) is 5.69 Å². The molecule has 0 saturated heterocycles. The van der Waals surface area contributed by atoms with Gasteiger partial charge in [-0.2, -0.15) is 0 Å². The molecule has 0 aliphatic carbocycles. The molecule has 0 fully saturated rings. The number of nitrogens with zero attached hydrogens (tertiary/aromatic N) is 2. The van der Waals surface area contributed by atoms with Crippen LogP contribution in [0.25, 0.3) is 0 Å². The van der Waals surface area contributed by atoms with E-state index in [1.165, 1.54) is 0 Å². The summed E-state index contributed by atoms with van der Waals surface area (Å²) < 4.78 is 0. The summed E-state index contributed by atoms with van der Waals surface area (Å²) in [5.74, 6) is 5.43. The normalized spacial score (nSPS) is 10.6. The maximum Gasteiger partial charge on any atom is 0.253 e. The average Bonchev–Trinajstić information content (AvgIpc) is 2.37. The Hall–Kier alpha value is -1.59. The third kappa shape index (κ3) is 4.54. The van der Waals surface area contributed by atoms with Gasteiger partial charge in [0.2, 0.25) is 0 Å². The Labute approximate surface area is 115 Å². The van der Waals surface area contributed by atoms with Gasteiger partial charge in [0.15, 0.2) is 0 Å². The predicted octanol–water partition coefficient (Wildman–Crippen LogP) is 1.30. The third-order valence-corrected chi connectivity index (χ3v) is 3.07. The molecule has 19 heavy (non-hydrogen) atoms. The molecule has 0 spiro atoms. The van der Waals surface area contributed by atoms with Gasteiger partial charge in [-0.25, -0.2) is 0 Å². The van der Waals surface area contributed by atoms with Crippen molar-refractivity contribution in [2.45, 2.75) is 13.3 Å². The zero-order chi connectivity index (χ0) is 14.4. The molecule has 5 heteroatoms. The summed E-state index contributed by atoms with van der Waals surface area (Å²) in [6.45, 7) is 3.66. The van der Waals surface area contributed by atoms with E-state index in [-0.39, 0.29) is 5.91 Å². The number of amides is 1. The predicted molar refractivity (Wildman–Crippen MR) is 79.1 cm³/mol. The monoisotopic (exact) mass is 264 g/mol. The van der Waals surface area contributed by atoms with Crippen molar-refractivity contribution in [1.29, 1.82) is 0 Å². The van der Waals surface area contributed by atoms with Crippen molar-refractivity contribution in [3.8, 4) is 0 Å². The highest BCUT2D eigenvalue weighted by Crippen LogP contribution is 2.16. The van der Waals surface area contributed by atoms with E-state index in [2.05, 4.69) is 10.3 Å². The van der Waals surface area contributed by atoms with E-state index < -0.39 is 0 Å². The zero-order valence-corrected chi connectivity index (χ0v) is 12.2. The standard InChI is InChI=1S/C14H24N4O/c1-11-10-12(6-7-13(11)16-15)14(19)18(4)9-5-8-17(2)3/h6-7,10,16H,5,8-9,15H2,1-4H3. The van der Waals surface area contributed by atoms with Gasteiger partial charge in [-0.1, -0.05) is 0 Å². The fourth-order valence-electron chi connectivity index (χ4n) is 1.90. The van der Waals surface area contributed by atoms with Gasteiger partial charge < -0.3 is 15.2 Å². The van der Waals surface area contributed by atoms with Gasteiger partial charge in [-0.15, -0.1) is 0 Å². The Bertz CT molecular complexity index is 431. The number of nitrogens with one attached hydrogen (secondary N) is 1. The van der Waals surface area contributed by atoms with Gasteiger partial charge in [0.1, 0.15) is 0 Å². The highest BCUT2D eigenvalue weighted by atomic mass is 16.2. The van der Waals surface area contributed by atoms with E-state index >= 15 is 0 Å². The van der Waals surface area contributed by atoms with Crippen LogP contribution < -0.4 is 11.3 Å². The van der Waals surface area contributed by atoms with Crippen LogP contribution in [0.4, 0.5) is 5.69 Å². The summed E-state index contributed by atoms with van der Waals surface area (Å²) in [7, 11) is 5.90. The molecule has 3 N–H and O–H groups in total. The number of anilines is 1. The second-order valence-electron chi connectivity index (χ2n) is 5.06. The van der Waals surface area contributed by atoms with Crippen molar-refractivity contribution in [1.82, 2.24) is 9.80 Å². The van der Waals surface area contributed by atoms with Crippen molar-refractivity contribution in [3.63, 3.8) is 0 Å². The summed E-state index contributed by atoms with van der Waals surface area (Å²) in [6, 6.07) is 5.49. The molecule has 0 bridgehead atoms. The van der Waals surface area contributed by atoms with Gasteiger partial charge in [-0.05, 0) is 57.7 Å². The Kier molecular flexibility index (Phi) is 5.79. The maximum atomic E-state index is 12.2. The summed E-state index contributed by atoms with van der Waals surface area (Å²) >= 11 is 0. The topological polar surface area (TPSA) is 61.6 Å². The minimum Gasteiger partial charge on any atom is -0.342 e. The Balaban J connectivity index is 2.64. The van der Waals surface area contributed by atoms with Crippen LogP contribution in [0.5, 0.6) is 0 Å². The second-order valence-corrected chi connectivity index (χ2v) is 5.06. The largest absolute Gasteiger partial charge is 0.342 e. The first-order valence-corrected chi connectivity index (χ1v) is 6.43. The molecule has 1 amide bonds. The van der Waals surface area contributed by atoms with E-state index in [1.807, 2.05) is 40.2 Å². The van der Waals surface area contributed by atoms with Crippen LogP contribution in [0.3, 0.4) is 0 Å². The number of hydrogen-bond donors (Lipinski definition) is 2. The van der Waals surface area contributed by atoms with E-state index in [0.717, 1.165) is 30.8 Å². The van der Waals surface area contributed by atoms with Crippen LogP contribution in [0.1, 0.15) is 22.3 Å². The van der Waals surface area contributed by atoms with E-state index in [1.54, 1.807) is 11.0 Å². The lowest BCUT2D eigenvalue weighted by atomic mass is 10.1. The van der Waals surface area contributed by atoms with Crippen molar-refractivity contribution in [2.24, 2.45) is 5.84 Å².